The summed E-state index contributed by atoms with van der Waals surface area (Å²) in [5.41, 5.74) is 2.34. The molecule has 1 aliphatic carbocycles. The van der Waals surface area contributed by atoms with Crippen LogP contribution in [0, 0.1) is 0 Å². The zero-order valence-corrected chi connectivity index (χ0v) is 17.5. The molecule has 2 aliphatic rings. The monoisotopic (exact) mass is 425 g/mol. The number of carboxylic acid groups (broad SMARTS) is 1. The Balaban J connectivity index is 1.49. The maximum absolute atomic E-state index is 13.0. The molecule has 2 atom stereocenters. The lowest BCUT2D eigenvalue weighted by atomic mass is 9.97. The molecule has 2 unspecified atom stereocenters. The van der Waals surface area contributed by atoms with Crippen LogP contribution in [0.15, 0.2) is 48.5 Å². The van der Waals surface area contributed by atoms with Crippen LogP contribution in [0.4, 0.5) is 0 Å². The lowest BCUT2D eigenvalue weighted by molar-refractivity contribution is -0.189. The molecular formula is C24H27NO6. The van der Waals surface area contributed by atoms with Gasteiger partial charge in [-0.3, -0.25) is 5.32 Å². The lowest BCUT2D eigenvalue weighted by Gasteiger charge is -2.30. The molecule has 0 amide bonds. The molecular weight excluding hydrogens is 398 g/mol. The van der Waals surface area contributed by atoms with Crippen molar-refractivity contribution in [1.82, 2.24) is 5.32 Å². The van der Waals surface area contributed by atoms with Crippen LogP contribution in [0.2, 0.25) is 0 Å². The number of hydrogen-bond donors (Lipinski definition) is 2. The first-order chi connectivity index (χ1) is 15.1. The Morgan fingerprint density at radius 1 is 1.10 bits per heavy atom. The molecule has 0 spiro atoms. The van der Waals surface area contributed by atoms with Gasteiger partial charge in [-0.1, -0.05) is 48.5 Å². The molecule has 0 aromatic heterocycles. The van der Waals surface area contributed by atoms with Crippen molar-refractivity contribution in [3.63, 3.8) is 0 Å². The molecule has 1 saturated heterocycles. The Hall–Kier alpha value is -2.74. The topological polar surface area (TPSA) is 94.1 Å². The SMILES string of the molecule is CNC(COC1CCCCO1)(C(=O)O)C(=O)OCC1c2ccccc2-c2ccccc21. The standard InChI is InChI=1S/C24H27NO6/c1-25-24(22(26)27,15-31-21-12-6-7-13-29-21)23(28)30-14-20-18-10-4-2-8-16(18)17-9-3-5-11-19(17)20/h2-5,8-11,20-21,25H,6-7,12-15H2,1H3,(H,26,27). The smallest absolute Gasteiger partial charge is 0.340 e. The number of carbonyl (C=O) groups is 2. The van der Waals surface area contributed by atoms with Crippen molar-refractivity contribution in [2.45, 2.75) is 37.0 Å². The fraction of sp³-hybridized carbons (Fsp3) is 0.417. The van der Waals surface area contributed by atoms with Crippen molar-refractivity contribution in [2.24, 2.45) is 0 Å². The van der Waals surface area contributed by atoms with Gasteiger partial charge in [-0.15, -0.1) is 0 Å². The summed E-state index contributed by atoms with van der Waals surface area (Å²) in [5, 5.41) is 12.5. The molecule has 7 heteroatoms. The number of carboxylic acids is 1. The summed E-state index contributed by atoms with van der Waals surface area (Å²) in [7, 11) is 1.42. The van der Waals surface area contributed by atoms with Gasteiger partial charge < -0.3 is 19.3 Å². The molecule has 1 aliphatic heterocycles. The van der Waals surface area contributed by atoms with E-state index in [1.54, 1.807) is 0 Å². The fourth-order valence-corrected chi connectivity index (χ4v) is 4.27. The summed E-state index contributed by atoms with van der Waals surface area (Å²) < 4.78 is 16.7. The van der Waals surface area contributed by atoms with Crippen LogP contribution in [0.5, 0.6) is 0 Å². The average molecular weight is 425 g/mol. The molecule has 7 nitrogen and oxygen atoms in total. The summed E-state index contributed by atoms with van der Waals surface area (Å²) in [6.45, 7) is 0.235. The molecule has 164 valence electrons. The second kappa shape index (κ2) is 9.18. The van der Waals surface area contributed by atoms with Crippen LogP contribution in [0.1, 0.15) is 36.3 Å². The highest BCUT2D eigenvalue weighted by Crippen LogP contribution is 2.44. The third kappa shape index (κ3) is 4.08. The zero-order chi connectivity index (χ0) is 21.8. The Bertz CT molecular complexity index is 909. The van der Waals surface area contributed by atoms with Gasteiger partial charge in [0.1, 0.15) is 6.61 Å². The minimum absolute atomic E-state index is 0.0451. The number of carbonyl (C=O) groups excluding carboxylic acids is 1. The first kappa shape index (κ1) is 21.5. The van der Waals surface area contributed by atoms with Gasteiger partial charge in [-0.05, 0) is 48.6 Å². The molecule has 1 heterocycles. The highest BCUT2D eigenvalue weighted by molar-refractivity contribution is 6.04. The maximum Gasteiger partial charge on any atom is 0.340 e. The summed E-state index contributed by atoms with van der Waals surface area (Å²) in [4.78, 5) is 25.1. The number of rotatable bonds is 8. The lowest BCUT2D eigenvalue weighted by Crippen LogP contribution is -2.61. The molecule has 0 bridgehead atoms. The van der Waals surface area contributed by atoms with E-state index >= 15 is 0 Å². The van der Waals surface area contributed by atoms with E-state index in [4.69, 9.17) is 14.2 Å². The van der Waals surface area contributed by atoms with Crippen molar-refractivity contribution in [3.05, 3.63) is 59.7 Å². The van der Waals surface area contributed by atoms with E-state index in [1.807, 2.05) is 48.5 Å². The van der Waals surface area contributed by atoms with E-state index < -0.39 is 23.8 Å². The van der Waals surface area contributed by atoms with Crippen LogP contribution < -0.4 is 5.32 Å². The molecule has 2 N–H and O–H groups in total. The van der Waals surface area contributed by atoms with Gasteiger partial charge in [0, 0.05) is 12.5 Å². The molecule has 2 aromatic rings. The van der Waals surface area contributed by atoms with Gasteiger partial charge in [0.05, 0.1) is 6.61 Å². The van der Waals surface area contributed by atoms with Crippen molar-refractivity contribution in [1.29, 1.82) is 0 Å². The quantitative estimate of drug-likeness (QED) is 0.496. The summed E-state index contributed by atoms with van der Waals surface area (Å²) >= 11 is 0. The van der Waals surface area contributed by atoms with E-state index in [9.17, 15) is 14.7 Å². The number of fused-ring (bicyclic) bond motifs is 3. The molecule has 2 aromatic carbocycles. The van der Waals surface area contributed by atoms with Crippen molar-refractivity contribution in [3.8, 4) is 11.1 Å². The summed E-state index contributed by atoms with van der Waals surface area (Å²) in [6, 6.07) is 16.0. The van der Waals surface area contributed by atoms with Crippen LogP contribution in [-0.2, 0) is 23.8 Å². The van der Waals surface area contributed by atoms with Crippen molar-refractivity contribution < 1.29 is 28.9 Å². The number of hydrogen-bond acceptors (Lipinski definition) is 6. The van der Waals surface area contributed by atoms with E-state index in [0.29, 0.717) is 13.0 Å². The van der Waals surface area contributed by atoms with Gasteiger partial charge in [0.2, 0.25) is 5.54 Å². The number of ether oxygens (including phenoxy) is 3. The summed E-state index contributed by atoms with van der Waals surface area (Å²) in [5.74, 6) is -2.37. The van der Waals surface area contributed by atoms with E-state index in [2.05, 4.69) is 5.32 Å². The van der Waals surface area contributed by atoms with Gasteiger partial charge in [0.15, 0.2) is 6.29 Å². The number of benzene rings is 2. The van der Waals surface area contributed by atoms with Crippen molar-refractivity contribution in [2.75, 3.05) is 26.9 Å². The fourth-order valence-electron chi connectivity index (χ4n) is 4.27. The molecule has 0 saturated carbocycles. The van der Waals surface area contributed by atoms with E-state index in [-0.39, 0.29) is 19.1 Å². The van der Waals surface area contributed by atoms with Gasteiger partial charge in [-0.2, -0.15) is 0 Å². The molecule has 4 rings (SSSR count). The number of esters is 1. The Morgan fingerprint density at radius 3 is 2.29 bits per heavy atom. The normalized spacial score (nSPS) is 19.8. The third-order valence-electron chi connectivity index (χ3n) is 6.11. The highest BCUT2D eigenvalue weighted by atomic mass is 16.7. The second-order valence-corrected chi connectivity index (χ2v) is 7.89. The number of likely N-dealkylation sites (N-methyl/N-ethyl adjacent to an activating group) is 1. The van der Waals surface area contributed by atoms with Crippen LogP contribution in [0.3, 0.4) is 0 Å². The first-order valence-electron chi connectivity index (χ1n) is 10.6. The average Bonchev–Trinajstić information content (AvgIpc) is 3.12. The van der Waals surface area contributed by atoms with Gasteiger partial charge >= 0.3 is 11.9 Å². The number of aliphatic carboxylic acids is 1. The molecule has 31 heavy (non-hydrogen) atoms. The minimum atomic E-state index is -2.00. The van der Waals surface area contributed by atoms with Crippen molar-refractivity contribution >= 4 is 11.9 Å². The predicted octanol–water partition coefficient (Wildman–Crippen LogP) is 2.93. The Morgan fingerprint density at radius 2 is 1.74 bits per heavy atom. The third-order valence-corrected chi connectivity index (χ3v) is 6.11. The Kier molecular flexibility index (Phi) is 6.36. The van der Waals surface area contributed by atoms with Crippen LogP contribution in [0.25, 0.3) is 11.1 Å². The van der Waals surface area contributed by atoms with Crippen LogP contribution in [-0.4, -0.2) is 55.7 Å². The number of nitrogens with one attached hydrogen (secondary N) is 1. The largest absolute Gasteiger partial charge is 0.479 e. The van der Waals surface area contributed by atoms with Gasteiger partial charge in [0.25, 0.3) is 0 Å². The minimum Gasteiger partial charge on any atom is -0.479 e. The van der Waals surface area contributed by atoms with E-state index in [0.717, 1.165) is 35.1 Å². The second-order valence-electron chi connectivity index (χ2n) is 7.89. The Labute approximate surface area is 181 Å². The molecule has 1 fully saturated rings. The zero-order valence-electron chi connectivity index (χ0n) is 17.5. The highest BCUT2D eigenvalue weighted by Gasteiger charge is 2.48. The summed E-state index contributed by atoms with van der Waals surface area (Å²) in [6.07, 6.45) is 2.05. The van der Waals surface area contributed by atoms with Gasteiger partial charge in [-0.25, -0.2) is 9.59 Å². The van der Waals surface area contributed by atoms with Crippen LogP contribution >= 0.6 is 0 Å². The maximum atomic E-state index is 13.0. The predicted molar refractivity (Wildman–Crippen MR) is 114 cm³/mol. The van der Waals surface area contributed by atoms with E-state index in [1.165, 1.54) is 7.05 Å². The first-order valence-corrected chi connectivity index (χ1v) is 10.6. The molecule has 0 radical (unpaired) electrons.